The number of carbonyl (C=O) groups is 1. The number of hydrogen-bond donors (Lipinski definition) is 0. The normalized spacial score (nSPS) is 46.1. The molecule has 0 aromatic carbocycles. The second-order valence-corrected chi connectivity index (χ2v) is 3.65. The van der Waals surface area contributed by atoms with Crippen molar-refractivity contribution in [2.24, 2.45) is 5.41 Å². The summed E-state index contributed by atoms with van der Waals surface area (Å²) < 4.78 is 5.34. The molecule has 1 saturated heterocycles. The highest BCUT2D eigenvalue weighted by molar-refractivity contribution is 5.91. The Kier molecular flexibility index (Phi) is 1.15. The lowest BCUT2D eigenvalue weighted by molar-refractivity contribution is -0.172. The number of hydrogen-bond acceptors (Lipinski definition) is 2. The van der Waals surface area contributed by atoms with Crippen LogP contribution in [0.2, 0.25) is 0 Å². The molecule has 1 heterocycles. The van der Waals surface area contributed by atoms with E-state index in [2.05, 4.69) is 6.92 Å². The number of rotatable bonds is 0. The van der Waals surface area contributed by atoms with Gasteiger partial charge in [-0.15, -0.1) is 0 Å². The molecule has 2 aliphatic rings. The summed E-state index contributed by atoms with van der Waals surface area (Å²) in [4.78, 5) is 10.9. The van der Waals surface area contributed by atoms with E-state index in [1.807, 2.05) is 0 Å². The Hall–Kier alpha value is -0.370. The third kappa shape index (κ3) is 0.655. The quantitative estimate of drug-likeness (QED) is 0.504. The fourth-order valence-corrected chi connectivity index (χ4v) is 2.03. The molecule has 2 nitrogen and oxygen atoms in total. The number of ether oxygens (including phenoxy) is 1. The van der Waals surface area contributed by atoms with E-state index in [1.165, 1.54) is 6.42 Å². The fourth-order valence-electron chi connectivity index (χ4n) is 2.03. The summed E-state index contributed by atoms with van der Waals surface area (Å²) in [5.41, 5.74) is 0.218. The predicted octanol–water partition coefficient (Wildman–Crippen LogP) is 1.14. The topological polar surface area (TPSA) is 26.3 Å². The van der Waals surface area contributed by atoms with Gasteiger partial charge in [-0.3, -0.25) is 4.79 Å². The van der Waals surface area contributed by atoms with Crippen LogP contribution in [-0.4, -0.2) is 18.5 Å². The molecule has 2 fully saturated rings. The van der Waals surface area contributed by atoms with E-state index in [-0.39, 0.29) is 11.5 Å². The first-order chi connectivity index (χ1) is 4.72. The second-order valence-electron chi connectivity index (χ2n) is 3.65. The van der Waals surface area contributed by atoms with Gasteiger partial charge in [0, 0.05) is 18.4 Å². The molecule has 0 aromatic heterocycles. The van der Waals surface area contributed by atoms with Crippen molar-refractivity contribution in [3.05, 3.63) is 0 Å². The lowest BCUT2D eigenvalue weighted by Gasteiger charge is -2.48. The Labute approximate surface area is 60.6 Å². The maximum atomic E-state index is 10.9. The van der Waals surface area contributed by atoms with Gasteiger partial charge in [-0.1, -0.05) is 6.92 Å². The van der Waals surface area contributed by atoms with Gasteiger partial charge in [0.05, 0.1) is 0 Å². The summed E-state index contributed by atoms with van der Waals surface area (Å²) in [5, 5.41) is 0. The van der Waals surface area contributed by atoms with E-state index in [0.29, 0.717) is 5.78 Å². The Balaban J connectivity index is 2.13. The van der Waals surface area contributed by atoms with Crippen molar-refractivity contribution in [1.29, 1.82) is 0 Å². The molecule has 1 aliphatic heterocycles. The highest BCUT2D eigenvalue weighted by atomic mass is 16.5. The SMILES string of the molecule is CC12CCCOC1C(=O)C2. The van der Waals surface area contributed by atoms with Gasteiger partial charge in [-0.25, -0.2) is 0 Å². The fraction of sp³-hybridized carbons (Fsp3) is 0.875. The molecular formula is C8H12O2. The molecule has 0 amide bonds. The van der Waals surface area contributed by atoms with E-state index in [9.17, 15) is 4.79 Å². The average Bonchev–Trinajstić information content (AvgIpc) is 1.86. The van der Waals surface area contributed by atoms with Crippen LogP contribution in [0.4, 0.5) is 0 Å². The molecule has 1 saturated carbocycles. The summed E-state index contributed by atoms with van der Waals surface area (Å²) in [6, 6.07) is 0. The molecule has 0 radical (unpaired) electrons. The van der Waals surface area contributed by atoms with Crippen LogP contribution >= 0.6 is 0 Å². The molecule has 0 bridgehead atoms. The van der Waals surface area contributed by atoms with Gasteiger partial charge in [0.1, 0.15) is 6.10 Å². The van der Waals surface area contributed by atoms with E-state index >= 15 is 0 Å². The molecule has 0 spiro atoms. The van der Waals surface area contributed by atoms with E-state index < -0.39 is 0 Å². The van der Waals surface area contributed by atoms with Gasteiger partial charge in [0.2, 0.25) is 0 Å². The predicted molar refractivity (Wildman–Crippen MR) is 36.7 cm³/mol. The molecule has 2 atom stereocenters. The highest BCUT2D eigenvalue weighted by Gasteiger charge is 2.52. The summed E-state index contributed by atoms with van der Waals surface area (Å²) in [6.07, 6.45) is 3.00. The molecule has 1 aliphatic carbocycles. The third-order valence-corrected chi connectivity index (χ3v) is 2.68. The van der Waals surface area contributed by atoms with Crippen molar-refractivity contribution < 1.29 is 9.53 Å². The van der Waals surface area contributed by atoms with Crippen molar-refractivity contribution >= 4 is 5.78 Å². The molecule has 0 aromatic rings. The van der Waals surface area contributed by atoms with Crippen LogP contribution in [0.5, 0.6) is 0 Å². The maximum absolute atomic E-state index is 10.9. The maximum Gasteiger partial charge on any atom is 0.162 e. The van der Waals surface area contributed by atoms with Crippen molar-refractivity contribution in [2.45, 2.75) is 32.3 Å². The molecule has 2 unspecified atom stereocenters. The van der Waals surface area contributed by atoms with Crippen LogP contribution in [0.3, 0.4) is 0 Å². The molecular weight excluding hydrogens is 128 g/mol. The Bertz CT molecular complexity index is 176. The Morgan fingerprint density at radius 1 is 1.70 bits per heavy atom. The average molecular weight is 140 g/mol. The van der Waals surface area contributed by atoms with Crippen LogP contribution in [0.1, 0.15) is 26.2 Å². The summed E-state index contributed by atoms with van der Waals surface area (Å²) in [5.74, 6) is 0.308. The van der Waals surface area contributed by atoms with Crippen molar-refractivity contribution in [2.75, 3.05) is 6.61 Å². The first kappa shape index (κ1) is 6.35. The van der Waals surface area contributed by atoms with E-state index in [0.717, 1.165) is 19.4 Å². The lowest BCUT2D eigenvalue weighted by Crippen LogP contribution is -2.55. The monoisotopic (exact) mass is 140 g/mol. The minimum absolute atomic E-state index is 0.0405. The molecule has 2 heteroatoms. The minimum atomic E-state index is -0.0405. The van der Waals surface area contributed by atoms with Gasteiger partial charge in [0.15, 0.2) is 5.78 Å². The van der Waals surface area contributed by atoms with Crippen LogP contribution in [-0.2, 0) is 9.53 Å². The molecule has 56 valence electrons. The Morgan fingerprint density at radius 3 is 3.00 bits per heavy atom. The molecule has 0 N–H and O–H groups in total. The standard InChI is InChI=1S/C8H12O2/c1-8-3-2-4-10-7(8)6(9)5-8/h7H,2-5H2,1H3. The summed E-state index contributed by atoms with van der Waals surface area (Å²) in [6.45, 7) is 2.93. The summed E-state index contributed by atoms with van der Waals surface area (Å²) >= 11 is 0. The molecule has 10 heavy (non-hydrogen) atoms. The second kappa shape index (κ2) is 1.82. The van der Waals surface area contributed by atoms with E-state index in [4.69, 9.17) is 4.74 Å². The Morgan fingerprint density at radius 2 is 2.50 bits per heavy atom. The van der Waals surface area contributed by atoms with Gasteiger partial charge < -0.3 is 4.74 Å². The zero-order chi connectivity index (χ0) is 7.19. The van der Waals surface area contributed by atoms with E-state index in [1.54, 1.807) is 0 Å². The van der Waals surface area contributed by atoms with Crippen molar-refractivity contribution in [3.63, 3.8) is 0 Å². The minimum Gasteiger partial charge on any atom is -0.370 e. The van der Waals surface area contributed by atoms with Gasteiger partial charge in [-0.05, 0) is 12.8 Å². The van der Waals surface area contributed by atoms with Crippen LogP contribution in [0.15, 0.2) is 0 Å². The first-order valence-corrected chi connectivity index (χ1v) is 3.87. The lowest BCUT2D eigenvalue weighted by atomic mass is 9.63. The van der Waals surface area contributed by atoms with Gasteiger partial charge >= 0.3 is 0 Å². The molecule has 2 rings (SSSR count). The number of Topliss-reactive ketones (excluding diaryl/α,β-unsaturated/α-hetero) is 1. The largest absolute Gasteiger partial charge is 0.370 e. The van der Waals surface area contributed by atoms with Crippen molar-refractivity contribution in [1.82, 2.24) is 0 Å². The van der Waals surface area contributed by atoms with Crippen LogP contribution in [0.25, 0.3) is 0 Å². The zero-order valence-corrected chi connectivity index (χ0v) is 6.22. The third-order valence-electron chi connectivity index (χ3n) is 2.68. The smallest absolute Gasteiger partial charge is 0.162 e. The summed E-state index contributed by atoms with van der Waals surface area (Å²) in [7, 11) is 0. The zero-order valence-electron chi connectivity index (χ0n) is 6.22. The number of ketones is 1. The van der Waals surface area contributed by atoms with Crippen LogP contribution in [0, 0.1) is 5.41 Å². The van der Waals surface area contributed by atoms with Gasteiger partial charge in [0.25, 0.3) is 0 Å². The number of fused-ring (bicyclic) bond motifs is 1. The first-order valence-electron chi connectivity index (χ1n) is 3.87. The number of carbonyl (C=O) groups excluding carboxylic acids is 1. The highest BCUT2D eigenvalue weighted by Crippen LogP contribution is 2.46. The van der Waals surface area contributed by atoms with Crippen molar-refractivity contribution in [3.8, 4) is 0 Å². The van der Waals surface area contributed by atoms with Crippen LogP contribution < -0.4 is 0 Å². The van der Waals surface area contributed by atoms with Gasteiger partial charge in [-0.2, -0.15) is 0 Å².